The number of nitrogens with zero attached hydrogens (tertiary/aromatic N) is 5. The topological polar surface area (TPSA) is 61.7 Å². The number of aromatic nitrogens is 5. The molecule has 6 heteroatoms. The highest BCUT2D eigenvalue weighted by Gasteiger charge is 2.23. The molecule has 0 aliphatic rings. The molecule has 14 rings (SSSR count). The lowest BCUT2D eigenvalue weighted by Crippen LogP contribution is -2.06. The predicted octanol–water partition coefficient (Wildman–Crippen LogP) is 15.8. The highest BCUT2D eigenvalue weighted by Crippen LogP contribution is 2.43. The number of benzene rings is 10. The highest BCUT2D eigenvalue weighted by molar-refractivity contribution is 6.20. The average Bonchev–Trinajstić information content (AvgIpc) is 4.06. The first kappa shape index (κ1) is 37.3. The Morgan fingerprint density at radius 1 is 0.328 bits per heavy atom. The third-order valence-electron chi connectivity index (χ3n) is 13.3. The Labute approximate surface area is 384 Å². The summed E-state index contributed by atoms with van der Waals surface area (Å²) < 4.78 is 11.3. The summed E-state index contributed by atoms with van der Waals surface area (Å²) in [5, 5.41) is 8.71. The molecule has 0 aliphatic carbocycles. The van der Waals surface area contributed by atoms with Crippen LogP contribution in [0.2, 0.25) is 0 Å². The Morgan fingerprint density at radius 3 is 1.55 bits per heavy atom. The molecule has 67 heavy (non-hydrogen) atoms. The van der Waals surface area contributed by atoms with Gasteiger partial charge in [-0.05, 0) is 82.2 Å². The van der Waals surface area contributed by atoms with E-state index < -0.39 is 0 Å². The highest BCUT2D eigenvalue weighted by atomic mass is 16.3. The van der Waals surface area contributed by atoms with Crippen molar-refractivity contribution in [3.05, 3.63) is 224 Å². The van der Waals surface area contributed by atoms with Crippen molar-refractivity contribution in [2.24, 2.45) is 0 Å². The molecule has 0 spiro atoms. The molecule has 4 aromatic heterocycles. The van der Waals surface area contributed by atoms with Crippen LogP contribution in [-0.2, 0) is 0 Å². The Kier molecular flexibility index (Phi) is 8.18. The molecule has 0 atom stereocenters. The van der Waals surface area contributed by atoms with Crippen LogP contribution in [0.15, 0.2) is 229 Å². The fourth-order valence-corrected chi connectivity index (χ4v) is 10.3. The van der Waals surface area contributed by atoms with Gasteiger partial charge in [0.15, 0.2) is 11.6 Å². The van der Waals surface area contributed by atoms with Crippen LogP contribution in [0.1, 0.15) is 0 Å². The van der Waals surface area contributed by atoms with Gasteiger partial charge in [0.2, 0.25) is 5.95 Å². The zero-order chi connectivity index (χ0) is 44.0. The van der Waals surface area contributed by atoms with E-state index in [1.165, 1.54) is 11.1 Å². The first-order valence-corrected chi connectivity index (χ1v) is 22.6. The molecule has 6 nitrogen and oxygen atoms in total. The van der Waals surface area contributed by atoms with Gasteiger partial charge in [-0.15, -0.1) is 0 Å². The molecule has 312 valence electrons. The predicted molar refractivity (Wildman–Crippen MR) is 275 cm³/mol. The maximum atomic E-state index is 6.65. The third-order valence-corrected chi connectivity index (χ3v) is 13.3. The van der Waals surface area contributed by atoms with Crippen LogP contribution in [0.5, 0.6) is 0 Å². The molecule has 10 aromatic carbocycles. The molecule has 0 saturated heterocycles. The van der Waals surface area contributed by atoms with Gasteiger partial charge in [-0.3, -0.25) is 4.57 Å². The second-order valence-corrected chi connectivity index (χ2v) is 17.2. The monoisotopic (exact) mass is 855 g/mol. The van der Waals surface area contributed by atoms with E-state index in [4.69, 9.17) is 19.4 Å². The van der Waals surface area contributed by atoms with Crippen molar-refractivity contribution >= 4 is 76.3 Å². The molecule has 0 radical (unpaired) electrons. The van der Waals surface area contributed by atoms with Crippen LogP contribution in [0, 0.1) is 0 Å². The van der Waals surface area contributed by atoms with Gasteiger partial charge in [-0.1, -0.05) is 170 Å². The Morgan fingerprint density at radius 2 is 0.881 bits per heavy atom. The normalized spacial score (nSPS) is 11.9. The van der Waals surface area contributed by atoms with E-state index in [0.29, 0.717) is 17.6 Å². The maximum absolute atomic E-state index is 6.65. The number of furan rings is 1. The van der Waals surface area contributed by atoms with Crippen molar-refractivity contribution in [3.63, 3.8) is 0 Å². The molecule has 0 saturated carbocycles. The van der Waals surface area contributed by atoms with Crippen LogP contribution >= 0.6 is 0 Å². The number of rotatable bonds is 6. The quantitative estimate of drug-likeness (QED) is 0.167. The fourth-order valence-electron chi connectivity index (χ4n) is 10.3. The lowest BCUT2D eigenvalue weighted by molar-refractivity contribution is 0.672. The summed E-state index contributed by atoms with van der Waals surface area (Å²) in [5.41, 5.74) is 13.4. The van der Waals surface area contributed by atoms with Crippen molar-refractivity contribution in [3.8, 4) is 56.7 Å². The first-order valence-electron chi connectivity index (χ1n) is 22.6. The summed E-state index contributed by atoms with van der Waals surface area (Å²) in [7, 11) is 0. The van der Waals surface area contributed by atoms with Crippen LogP contribution < -0.4 is 0 Å². The zero-order valence-corrected chi connectivity index (χ0v) is 36.0. The smallest absolute Gasteiger partial charge is 0.238 e. The molecule has 0 fully saturated rings. The van der Waals surface area contributed by atoms with E-state index in [9.17, 15) is 0 Å². The van der Waals surface area contributed by atoms with E-state index in [-0.39, 0.29) is 0 Å². The number of para-hydroxylation sites is 2. The van der Waals surface area contributed by atoms with Gasteiger partial charge in [0.05, 0.1) is 22.1 Å². The van der Waals surface area contributed by atoms with Crippen molar-refractivity contribution in [2.45, 2.75) is 0 Å². The summed E-state index contributed by atoms with van der Waals surface area (Å²) >= 11 is 0. The SMILES string of the molecule is c1ccc(-c2cc(-c3ccccc3)cc(-n3c4ccccc4c4cc5c(cc43)c3ccccc3n5-c3nc(-c4ccccc4)nc(-c4cccc5oc6c7ccccc7ccc6c45)n3)c2)cc1. The summed E-state index contributed by atoms with van der Waals surface area (Å²) in [6, 6.07) is 79.3. The molecule has 14 aromatic rings. The van der Waals surface area contributed by atoms with Crippen LogP contribution in [-0.4, -0.2) is 24.1 Å². The maximum Gasteiger partial charge on any atom is 0.238 e. The second-order valence-electron chi connectivity index (χ2n) is 17.2. The molecule has 4 heterocycles. The van der Waals surface area contributed by atoms with Crippen LogP contribution in [0.4, 0.5) is 0 Å². The fraction of sp³-hybridized carbons (Fsp3) is 0. The van der Waals surface area contributed by atoms with E-state index in [2.05, 4.69) is 203 Å². The van der Waals surface area contributed by atoms with Crippen LogP contribution in [0.25, 0.3) is 133 Å². The minimum atomic E-state index is 0.538. The lowest BCUT2D eigenvalue weighted by atomic mass is 9.98. The Bertz CT molecular complexity index is 4210. The van der Waals surface area contributed by atoms with Crippen LogP contribution in [0.3, 0.4) is 0 Å². The summed E-state index contributed by atoms with van der Waals surface area (Å²) in [6.45, 7) is 0. The number of fused-ring (bicyclic) bond motifs is 11. The molecular weight excluding hydrogens is 819 g/mol. The minimum absolute atomic E-state index is 0.538. The van der Waals surface area contributed by atoms with Gasteiger partial charge in [-0.25, -0.2) is 4.98 Å². The molecule has 0 unspecified atom stereocenters. The number of hydrogen-bond donors (Lipinski definition) is 0. The van der Waals surface area contributed by atoms with Crippen molar-refractivity contribution < 1.29 is 4.42 Å². The van der Waals surface area contributed by atoms with E-state index in [1.807, 2.05) is 30.3 Å². The van der Waals surface area contributed by atoms with Gasteiger partial charge in [0.1, 0.15) is 11.2 Å². The average molecular weight is 856 g/mol. The van der Waals surface area contributed by atoms with Gasteiger partial charge in [-0.2, -0.15) is 9.97 Å². The first-order chi connectivity index (χ1) is 33.2. The van der Waals surface area contributed by atoms with Crippen molar-refractivity contribution in [1.29, 1.82) is 0 Å². The summed E-state index contributed by atoms with van der Waals surface area (Å²) in [6.07, 6.45) is 0. The number of hydrogen-bond acceptors (Lipinski definition) is 4. The molecule has 0 bridgehead atoms. The molecular formula is C61H37N5O. The van der Waals surface area contributed by atoms with E-state index in [0.717, 1.165) is 104 Å². The lowest BCUT2D eigenvalue weighted by Gasteiger charge is -2.14. The molecule has 0 N–H and O–H groups in total. The third kappa shape index (κ3) is 5.86. The summed E-state index contributed by atoms with van der Waals surface area (Å²) in [4.78, 5) is 16.0. The minimum Gasteiger partial charge on any atom is -0.455 e. The van der Waals surface area contributed by atoms with Gasteiger partial charge in [0.25, 0.3) is 0 Å². The van der Waals surface area contributed by atoms with Gasteiger partial charge >= 0.3 is 0 Å². The molecule has 0 aliphatic heterocycles. The van der Waals surface area contributed by atoms with Gasteiger partial charge < -0.3 is 8.98 Å². The van der Waals surface area contributed by atoms with E-state index >= 15 is 0 Å². The summed E-state index contributed by atoms with van der Waals surface area (Å²) in [5.74, 6) is 1.70. The standard InChI is InChI=1S/C61H37N5O/c1-4-17-38(18-5-1)42-33-43(39-19-6-2-7-20-39)35-44(34-42)65-52-28-14-12-25-46(52)50-37-55-51(36-54(50)65)47-26-13-15-29-53(47)66(55)61-63-59(41-22-8-3-9-23-41)62-60(64-61)49-27-16-30-56-57(49)48-32-31-40-21-10-11-24-45(40)58(48)67-56/h1-37H. The van der Waals surface area contributed by atoms with E-state index in [1.54, 1.807) is 0 Å². The van der Waals surface area contributed by atoms with Gasteiger partial charge in [0, 0.05) is 54.5 Å². The molecule has 0 amide bonds. The Balaban J connectivity index is 1.04. The largest absolute Gasteiger partial charge is 0.455 e. The van der Waals surface area contributed by atoms with Crippen molar-refractivity contribution in [1.82, 2.24) is 24.1 Å². The second kappa shape index (κ2) is 14.7. The zero-order valence-electron chi connectivity index (χ0n) is 36.0. The van der Waals surface area contributed by atoms with Crippen molar-refractivity contribution in [2.75, 3.05) is 0 Å². The Hall–Kier alpha value is -9.13.